The second kappa shape index (κ2) is 7.10. The summed E-state index contributed by atoms with van der Waals surface area (Å²) in [4.78, 5) is 14.5. The number of methoxy groups -OCH3 is 1. The van der Waals surface area contributed by atoms with Gasteiger partial charge in [0.05, 0.1) is 12.0 Å². The van der Waals surface area contributed by atoms with Crippen molar-refractivity contribution in [3.63, 3.8) is 0 Å². The van der Waals surface area contributed by atoms with Crippen LogP contribution in [0.5, 0.6) is 0 Å². The van der Waals surface area contributed by atoms with Crippen LogP contribution in [0.25, 0.3) is 0 Å². The van der Waals surface area contributed by atoms with Crippen molar-refractivity contribution >= 4 is 5.91 Å². The van der Waals surface area contributed by atoms with Gasteiger partial charge in [-0.05, 0) is 38.3 Å². The Balaban J connectivity index is 2.63. The second-order valence-corrected chi connectivity index (χ2v) is 5.87. The van der Waals surface area contributed by atoms with Gasteiger partial charge in [0.2, 0.25) is 5.91 Å². The van der Waals surface area contributed by atoms with E-state index < -0.39 is 0 Å². The normalized spacial score (nSPS) is 18.9. The molecule has 0 atom stereocenters. The maximum atomic E-state index is 12.6. The first kappa shape index (κ1) is 15.4. The van der Waals surface area contributed by atoms with Crippen molar-refractivity contribution < 1.29 is 9.53 Å². The maximum absolute atomic E-state index is 12.6. The number of hydrogen-bond donors (Lipinski definition) is 1. The van der Waals surface area contributed by atoms with Crippen LogP contribution in [0.1, 0.15) is 33.1 Å². The van der Waals surface area contributed by atoms with Crippen LogP contribution in [0.4, 0.5) is 0 Å². The number of hydrogen-bond acceptors (Lipinski definition) is 3. The summed E-state index contributed by atoms with van der Waals surface area (Å²) in [5.74, 6) is 0.887. The van der Waals surface area contributed by atoms with E-state index in [2.05, 4.69) is 19.2 Å². The standard InChI is InChI=1S/C14H28N2O2/c1-12(2)5-10-16(3)13(17)14(11-18-4)6-8-15-9-7-14/h12,15H,5-11H2,1-4H3. The molecule has 1 N–H and O–H groups in total. The predicted molar refractivity (Wildman–Crippen MR) is 73.5 cm³/mol. The van der Waals surface area contributed by atoms with Crippen molar-refractivity contribution in [1.82, 2.24) is 10.2 Å². The van der Waals surface area contributed by atoms with Gasteiger partial charge in [-0.3, -0.25) is 4.79 Å². The molecule has 0 aromatic heterocycles. The number of carbonyl (C=O) groups excluding carboxylic acids is 1. The Bertz CT molecular complexity index is 255. The number of nitrogens with one attached hydrogen (secondary N) is 1. The maximum Gasteiger partial charge on any atom is 0.230 e. The molecule has 0 aliphatic carbocycles. The molecule has 0 radical (unpaired) electrons. The molecule has 0 bridgehead atoms. The van der Waals surface area contributed by atoms with Gasteiger partial charge in [0, 0.05) is 20.7 Å². The summed E-state index contributed by atoms with van der Waals surface area (Å²) < 4.78 is 5.31. The fraction of sp³-hybridized carbons (Fsp3) is 0.929. The van der Waals surface area contributed by atoms with Crippen LogP contribution in [-0.2, 0) is 9.53 Å². The third-order valence-electron chi connectivity index (χ3n) is 3.82. The monoisotopic (exact) mass is 256 g/mol. The van der Waals surface area contributed by atoms with E-state index in [1.807, 2.05) is 11.9 Å². The van der Waals surface area contributed by atoms with Gasteiger partial charge in [0.15, 0.2) is 0 Å². The van der Waals surface area contributed by atoms with E-state index in [0.29, 0.717) is 12.5 Å². The minimum Gasteiger partial charge on any atom is -0.384 e. The fourth-order valence-corrected chi connectivity index (χ4v) is 2.56. The van der Waals surface area contributed by atoms with Crippen molar-refractivity contribution in [3.8, 4) is 0 Å². The first-order valence-corrected chi connectivity index (χ1v) is 6.97. The first-order valence-electron chi connectivity index (χ1n) is 6.97. The Morgan fingerprint density at radius 3 is 2.50 bits per heavy atom. The van der Waals surface area contributed by atoms with Crippen LogP contribution in [0.15, 0.2) is 0 Å². The summed E-state index contributed by atoms with van der Waals surface area (Å²) in [6, 6.07) is 0. The second-order valence-electron chi connectivity index (χ2n) is 5.87. The zero-order valence-corrected chi connectivity index (χ0v) is 12.3. The van der Waals surface area contributed by atoms with Crippen LogP contribution < -0.4 is 5.32 Å². The van der Waals surface area contributed by atoms with Crippen LogP contribution >= 0.6 is 0 Å². The van der Waals surface area contributed by atoms with E-state index >= 15 is 0 Å². The average molecular weight is 256 g/mol. The lowest BCUT2D eigenvalue weighted by molar-refractivity contribution is -0.146. The SMILES string of the molecule is COCC1(C(=O)N(C)CCC(C)C)CCNCC1. The van der Waals surface area contributed by atoms with Crippen molar-refractivity contribution in [3.05, 3.63) is 0 Å². The number of rotatable bonds is 6. The largest absolute Gasteiger partial charge is 0.384 e. The smallest absolute Gasteiger partial charge is 0.230 e. The first-order chi connectivity index (χ1) is 8.52. The topological polar surface area (TPSA) is 41.6 Å². The number of piperidine rings is 1. The van der Waals surface area contributed by atoms with E-state index in [0.717, 1.165) is 38.9 Å². The van der Waals surface area contributed by atoms with Crippen molar-refractivity contribution in [2.75, 3.05) is 40.4 Å². The highest BCUT2D eigenvalue weighted by Gasteiger charge is 2.41. The van der Waals surface area contributed by atoms with Crippen molar-refractivity contribution in [2.24, 2.45) is 11.3 Å². The zero-order chi connectivity index (χ0) is 13.6. The molecule has 4 heteroatoms. The molecule has 1 rings (SSSR count). The molecule has 0 saturated carbocycles. The Morgan fingerprint density at radius 2 is 2.00 bits per heavy atom. The van der Waals surface area contributed by atoms with Crippen molar-refractivity contribution in [2.45, 2.75) is 33.1 Å². The third-order valence-corrected chi connectivity index (χ3v) is 3.82. The van der Waals surface area contributed by atoms with E-state index in [1.54, 1.807) is 7.11 Å². The number of nitrogens with zero attached hydrogens (tertiary/aromatic N) is 1. The summed E-state index contributed by atoms with van der Waals surface area (Å²) in [5, 5.41) is 3.32. The lowest BCUT2D eigenvalue weighted by Crippen LogP contribution is -2.50. The Hall–Kier alpha value is -0.610. The molecular weight excluding hydrogens is 228 g/mol. The van der Waals surface area contributed by atoms with Gasteiger partial charge in [0.1, 0.15) is 0 Å². The van der Waals surface area contributed by atoms with Gasteiger partial charge >= 0.3 is 0 Å². The summed E-state index contributed by atoms with van der Waals surface area (Å²) in [5.41, 5.74) is -0.300. The summed E-state index contributed by atoms with van der Waals surface area (Å²) in [7, 11) is 3.61. The van der Waals surface area contributed by atoms with Crippen molar-refractivity contribution in [1.29, 1.82) is 0 Å². The number of ether oxygens (including phenoxy) is 1. The van der Waals surface area contributed by atoms with Crippen LogP contribution in [0, 0.1) is 11.3 Å². The number of carbonyl (C=O) groups is 1. The molecule has 1 saturated heterocycles. The lowest BCUT2D eigenvalue weighted by Gasteiger charge is -2.38. The van der Waals surface area contributed by atoms with Crippen LogP contribution in [-0.4, -0.2) is 51.2 Å². The average Bonchev–Trinajstić information content (AvgIpc) is 2.36. The molecule has 1 heterocycles. The van der Waals surface area contributed by atoms with Gasteiger partial charge in [-0.25, -0.2) is 0 Å². The van der Waals surface area contributed by atoms with Gasteiger partial charge in [-0.15, -0.1) is 0 Å². The van der Waals surface area contributed by atoms with E-state index in [-0.39, 0.29) is 11.3 Å². The lowest BCUT2D eigenvalue weighted by atomic mass is 9.78. The van der Waals surface area contributed by atoms with Gasteiger partial charge in [-0.1, -0.05) is 13.8 Å². The Kier molecular flexibility index (Phi) is 6.09. The van der Waals surface area contributed by atoms with E-state index in [9.17, 15) is 4.79 Å². The molecule has 1 aliphatic rings. The summed E-state index contributed by atoms with van der Waals surface area (Å²) in [6.45, 7) is 7.58. The molecule has 1 aliphatic heterocycles. The Labute approximate surface area is 111 Å². The van der Waals surface area contributed by atoms with Crippen LogP contribution in [0.3, 0.4) is 0 Å². The Morgan fingerprint density at radius 1 is 1.39 bits per heavy atom. The zero-order valence-electron chi connectivity index (χ0n) is 12.3. The summed E-state index contributed by atoms with van der Waals surface area (Å²) >= 11 is 0. The molecule has 1 amide bonds. The van der Waals surface area contributed by atoms with E-state index in [1.165, 1.54) is 0 Å². The van der Waals surface area contributed by atoms with Gasteiger partial charge in [-0.2, -0.15) is 0 Å². The predicted octanol–water partition coefficient (Wildman–Crippen LogP) is 1.51. The molecule has 1 fully saturated rings. The van der Waals surface area contributed by atoms with Crippen LogP contribution in [0.2, 0.25) is 0 Å². The third kappa shape index (κ3) is 3.95. The quantitative estimate of drug-likeness (QED) is 0.783. The number of amides is 1. The molecular formula is C14H28N2O2. The fourth-order valence-electron chi connectivity index (χ4n) is 2.56. The molecule has 106 valence electrons. The summed E-state index contributed by atoms with van der Waals surface area (Å²) in [6.07, 6.45) is 2.82. The molecule has 0 aromatic rings. The highest BCUT2D eigenvalue weighted by Crippen LogP contribution is 2.31. The minimum atomic E-state index is -0.300. The van der Waals surface area contributed by atoms with Gasteiger partial charge in [0.25, 0.3) is 0 Å². The molecule has 18 heavy (non-hydrogen) atoms. The molecule has 0 spiro atoms. The molecule has 0 aromatic carbocycles. The minimum absolute atomic E-state index is 0.256. The molecule has 4 nitrogen and oxygen atoms in total. The highest BCUT2D eigenvalue weighted by atomic mass is 16.5. The molecule has 0 unspecified atom stereocenters. The highest BCUT2D eigenvalue weighted by molar-refractivity contribution is 5.82. The van der Waals surface area contributed by atoms with E-state index in [4.69, 9.17) is 4.74 Å². The van der Waals surface area contributed by atoms with Gasteiger partial charge < -0.3 is 15.0 Å².